The highest BCUT2D eigenvalue weighted by atomic mass is 32.2. The molecule has 1 aromatic rings. The van der Waals surface area contributed by atoms with Gasteiger partial charge >= 0.3 is 11.9 Å². The highest BCUT2D eigenvalue weighted by Gasteiger charge is 2.34. The van der Waals surface area contributed by atoms with E-state index in [4.69, 9.17) is 4.74 Å². The van der Waals surface area contributed by atoms with Gasteiger partial charge in [0.2, 0.25) is 5.91 Å². The molecule has 1 saturated heterocycles. The standard InChI is InChI=1S/C18H25N3O7S/c1-20(2)29(25,26)21-9-5-6-13(11-21)16(22)19-15-10-12(17(23)27-3)7-8-14(15)18(24)28-4/h7-8,10,13H,5-6,9,11H2,1-4H3,(H,19,22)/t13-/m0/s1. The summed E-state index contributed by atoms with van der Waals surface area (Å²) >= 11 is 0. The molecule has 0 aromatic heterocycles. The van der Waals surface area contributed by atoms with E-state index in [2.05, 4.69) is 10.1 Å². The van der Waals surface area contributed by atoms with Crippen molar-refractivity contribution in [2.45, 2.75) is 12.8 Å². The number of methoxy groups -OCH3 is 2. The second-order valence-electron chi connectivity index (χ2n) is 6.72. The zero-order valence-electron chi connectivity index (χ0n) is 16.8. The fourth-order valence-electron chi connectivity index (χ4n) is 3.01. The molecule has 1 aromatic carbocycles. The van der Waals surface area contributed by atoms with E-state index in [9.17, 15) is 22.8 Å². The van der Waals surface area contributed by atoms with Gasteiger partial charge in [-0.2, -0.15) is 17.0 Å². The average molecular weight is 427 g/mol. The Kier molecular flexibility index (Phi) is 7.33. The van der Waals surface area contributed by atoms with Gasteiger partial charge in [-0.25, -0.2) is 9.59 Å². The number of nitrogens with zero attached hydrogens (tertiary/aromatic N) is 2. The first kappa shape index (κ1) is 22.8. The van der Waals surface area contributed by atoms with Gasteiger partial charge in [0.05, 0.1) is 37.0 Å². The van der Waals surface area contributed by atoms with Crippen molar-refractivity contribution in [1.82, 2.24) is 8.61 Å². The van der Waals surface area contributed by atoms with Crippen LogP contribution in [0.15, 0.2) is 18.2 Å². The molecular formula is C18H25N3O7S. The number of piperidine rings is 1. The Labute approximate surface area is 169 Å². The summed E-state index contributed by atoms with van der Waals surface area (Å²) in [4.78, 5) is 36.6. The number of ether oxygens (including phenoxy) is 2. The van der Waals surface area contributed by atoms with E-state index < -0.39 is 34.0 Å². The van der Waals surface area contributed by atoms with E-state index in [-0.39, 0.29) is 23.4 Å². The number of hydrogen-bond acceptors (Lipinski definition) is 7. The molecule has 160 valence electrons. The fraction of sp³-hybridized carbons (Fsp3) is 0.500. The quantitative estimate of drug-likeness (QED) is 0.664. The van der Waals surface area contributed by atoms with Crippen LogP contribution in [0.2, 0.25) is 0 Å². The molecule has 1 atom stereocenters. The van der Waals surface area contributed by atoms with E-state index in [1.54, 1.807) is 0 Å². The molecule has 0 unspecified atom stereocenters. The Balaban J connectivity index is 2.26. The van der Waals surface area contributed by atoms with E-state index >= 15 is 0 Å². The highest BCUT2D eigenvalue weighted by Crippen LogP contribution is 2.24. The van der Waals surface area contributed by atoms with Crippen LogP contribution in [0.5, 0.6) is 0 Å². The molecule has 0 bridgehead atoms. The van der Waals surface area contributed by atoms with Gasteiger partial charge in [-0.3, -0.25) is 4.79 Å². The van der Waals surface area contributed by atoms with Gasteiger partial charge in [0.25, 0.3) is 10.2 Å². The number of carbonyl (C=O) groups excluding carboxylic acids is 3. The lowest BCUT2D eigenvalue weighted by atomic mass is 9.98. The van der Waals surface area contributed by atoms with Crippen molar-refractivity contribution in [2.75, 3.05) is 46.7 Å². The summed E-state index contributed by atoms with van der Waals surface area (Å²) in [6.07, 6.45) is 1.02. The molecular weight excluding hydrogens is 402 g/mol. The van der Waals surface area contributed by atoms with E-state index in [1.165, 1.54) is 50.8 Å². The van der Waals surface area contributed by atoms with Crippen molar-refractivity contribution >= 4 is 33.7 Å². The van der Waals surface area contributed by atoms with Crippen LogP contribution in [-0.4, -0.2) is 76.3 Å². The van der Waals surface area contributed by atoms with Gasteiger partial charge < -0.3 is 14.8 Å². The summed E-state index contributed by atoms with van der Waals surface area (Å²) in [7, 11) is 1.65. The van der Waals surface area contributed by atoms with Gasteiger partial charge in [0.15, 0.2) is 0 Å². The number of carbonyl (C=O) groups is 3. The van der Waals surface area contributed by atoms with Gasteiger partial charge in [-0.05, 0) is 31.0 Å². The normalized spacial score (nSPS) is 17.6. The summed E-state index contributed by atoms with van der Waals surface area (Å²) in [5.41, 5.74) is 0.315. The van der Waals surface area contributed by atoms with E-state index in [1.807, 2.05) is 0 Å². The van der Waals surface area contributed by atoms with Gasteiger partial charge in [0.1, 0.15) is 0 Å². The number of rotatable bonds is 6. The Bertz CT molecular complexity index is 899. The third-order valence-electron chi connectivity index (χ3n) is 4.65. The largest absolute Gasteiger partial charge is 0.465 e. The topological polar surface area (TPSA) is 122 Å². The molecule has 1 aliphatic rings. The van der Waals surface area contributed by atoms with Crippen molar-refractivity contribution in [3.05, 3.63) is 29.3 Å². The van der Waals surface area contributed by atoms with Crippen LogP contribution < -0.4 is 5.32 Å². The molecule has 1 aliphatic heterocycles. The van der Waals surface area contributed by atoms with Crippen LogP contribution >= 0.6 is 0 Å². The first-order chi connectivity index (χ1) is 13.6. The van der Waals surface area contributed by atoms with Crippen molar-refractivity contribution < 1.29 is 32.3 Å². The van der Waals surface area contributed by atoms with Crippen LogP contribution in [0, 0.1) is 5.92 Å². The van der Waals surface area contributed by atoms with Crippen molar-refractivity contribution in [3.63, 3.8) is 0 Å². The monoisotopic (exact) mass is 427 g/mol. The maximum atomic E-state index is 12.8. The molecule has 1 heterocycles. The maximum Gasteiger partial charge on any atom is 0.339 e. The third-order valence-corrected chi connectivity index (χ3v) is 6.55. The molecule has 10 nitrogen and oxygen atoms in total. The first-order valence-electron chi connectivity index (χ1n) is 8.91. The molecule has 11 heteroatoms. The summed E-state index contributed by atoms with van der Waals surface area (Å²) < 4.78 is 36.5. The molecule has 1 N–H and O–H groups in total. The molecule has 1 fully saturated rings. The minimum absolute atomic E-state index is 0.0244. The van der Waals surface area contributed by atoms with Crippen molar-refractivity contribution in [2.24, 2.45) is 5.92 Å². The van der Waals surface area contributed by atoms with Crippen LogP contribution in [0.4, 0.5) is 5.69 Å². The summed E-state index contributed by atoms with van der Waals surface area (Å²) in [6, 6.07) is 4.07. The number of esters is 2. The predicted octanol–water partition coefficient (Wildman–Crippen LogP) is 0.717. The third kappa shape index (κ3) is 5.11. The lowest BCUT2D eigenvalue weighted by Gasteiger charge is -2.32. The zero-order chi connectivity index (χ0) is 21.8. The number of hydrogen-bond donors (Lipinski definition) is 1. The first-order valence-corrected chi connectivity index (χ1v) is 10.3. The SMILES string of the molecule is COC(=O)c1ccc(C(=O)OC)c(NC(=O)[C@H]2CCCN(S(=O)(=O)N(C)C)C2)c1. The predicted molar refractivity (Wildman–Crippen MR) is 105 cm³/mol. The van der Waals surface area contributed by atoms with Crippen molar-refractivity contribution in [3.8, 4) is 0 Å². The van der Waals surface area contributed by atoms with Gasteiger partial charge in [-0.15, -0.1) is 0 Å². The van der Waals surface area contributed by atoms with E-state index in [0.29, 0.717) is 19.4 Å². The molecule has 2 rings (SSSR count). The van der Waals surface area contributed by atoms with Crippen LogP contribution in [0.1, 0.15) is 33.6 Å². The number of benzene rings is 1. The number of anilines is 1. The lowest BCUT2D eigenvalue weighted by molar-refractivity contribution is -0.120. The Morgan fingerprint density at radius 2 is 1.79 bits per heavy atom. The summed E-state index contributed by atoms with van der Waals surface area (Å²) in [5, 5.41) is 2.63. The molecule has 0 saturated carbocycles. The Morgan fingerprint density at radius 3 is 2.38 bits per heavy atom. The Morgan fingerprint density at radius 1 is 1.14 bits per heavy atom. The number of nitrogens with one attached hydrogen (secondary N) is 1. The summed E-state index contributed by atoms with van der Waals surface area (Å²) in [5.74, 6) is -2.36. The lowest BCUT2D eigenvalue weighted by Crippen LogP contribution is -2.47. The van der Waals surface area contributed by atoms with Crippen LogP contribution in [0.25, 0.3) is 0 Å². The Hall–Kier alpha value is -2.50. The fourth-order valence-corrected chi connectivity index (χ4v) is 4.20. The average Bonchev–Trinajstić information content (AvgIpc) is 2.72. The van der Waals surface area contributed by atoms with Gasteiger partial charge in [0, 0.05) is 27.2 Å². The zero-order valence-corrected chi connectivity index (χ0v) is 17.6. The minimum atomic E-state index is -3.63. The highest BCUT2D eigenvalue weighted by molar-refractivity contribution is 7.86. The molecule has 29 heavy (non-hydrogen) atoms. The van der Waals surface area contributed by atoms with Crippen LogP contribution in [0.3, 0.4) is 0 Å². The van der Waals surface area contributed by atoms with E-state index in [0.717, 1.165) is 4.31 Å². The molecule has 0 aliphatic carbocycles. The second-order valence-corrected chi connectivity index (χ2v) is 8.86. The smallest absolute Gasteiger partial charge is 0.339 e. The van der Waals surface area contributed by atoms with Crippen molar-refractivity contribution in [1.29, 1.82) is 0 Å². The second kappa shape index (κ2) is 9.33. The molecule has 0 spiro atoms. The molecule has 1 amide bonds. The van der Waals surface area contributed by atoms with Gasteiger partial charge in [-0.1, -0.05) is 0 Å². The molecule has 0 radical (unpaired) electrons. The maximum absolute atomic E-state index is 12.8. The minimum Gasteiger partial charge on any atom is -0.465 e. The number of amides is 1. The van der Waals surface area contributed by atoms with Crippen LogP contribution in [-0.2, 0) is 24.5 Å². The summed E-state index contributed by atoms with van der Waals surface area (Å²) in [6.45, 7) is 0.353.